The highest BCUT2D eigenvalue weighted by molar-refractivity contribution is 5.69. The van der Waals surface area contributed by atoms with Crippen LogP contribution in [0.3, 0.4) is 0 Å². The molecule has 1 heterocycles. The number of anilines is 2. The van der Waals surface area contributed by atoms with Gasteiger partial charge in [-0.1, -0.05) is 0 Å². The normalized spacial score (nSPS) is 9.62. The molecule has 1 rings (SSSR count). The van der Waals surface area contributed by atoms with E-state index in [1.807, 2.05) is 0 Å². The first-order valence-electron chi connectivity index (χ1n) is 3.71. The molecule has 70 valence electrons. The largest absolute Gasteiger partial charge is 0.491 e. The quantitative estimate of drug-likeness (QED) is 0.679. The molecule has 1 aromatic heterocycles. The number of nitrogens with zero attached hydrogens (tertiary/aromatic N) is 2. The Bertz CT molecular complexity index is 327. The fourth-order valence-electron chi connectivity index (χ4n) is 0.910. The van der Waals surface area contributed by atoms with Crippen molar-refractivity contribution in [3.05, 3.63) is 11.0 Å². The van der Waals surface area contributed by atoms with E-state index in [9.17, 15) is 4.91 Å². The van der Waals surface area contributed by atoms with Crippen molar-refractivity contribution in [3.8, 4) is 5.75 Å². The summed E-state index contributed by atoms with van der Waals surface area (Å²) in [6.45, 7) is 2.19. The summed E-state index contributed by atoms with van der Waals surface area (Å²) in [5, 5.41) is 2.71. The lowest BCUT2D eigenvalue weighted by Crippen LogP contribution is -2.00. The molecule has 0 unspecified atom stereocenters. The van der Waals surface area contributed by atoms with E-state index in [0.29, 0.717) is 6.61 Å². The van der Waals surface area contributed by atoms with Crippen LogP contribution in [0.5, 0.6) is 5.75 Å². The second-order valence-electron chi connectivity index (χ2n) is 2.30. The Morgan fingerprint density at radius 1 is 1.62 bits per heavy atom. The number of nitrogen functional groups attached to an aromatic ring is 2. The number of hydrogen-bond acceptors (Lipinski definition) is 6. The maximum atomic E-state index is 10.3. The Balaban J connectivity index is 3.20. The molecule has 6 nitrogen and oxygen atoms in total. The molecule has 6 heteroatoms. The van der Waals surface area contributed by atoms with E-state index in [1.165, 1.54) is 6.07 Å². The third-order valence-corrected chi connectivity index (χ3v) is 1.40. The number of hydrogen-bond donors (Lipinski definition) is 2. The van der Waals surface area contributed by atoms with Gasteiger partial charge in [-0.05, 0) is 12.1 Å². The van der Waals surface area contributed by atoms with E-state index in [0.717, 1.165) is 0 Å². The lowest BCUT2D eigenvalue weighted by Gasteiger charge is -2.06. The molecule has 0 aliphatic carbocycles. The smallest absolute Gasteiger partial charge is 0.191 e. The highest BCUT2D eigenvalue weighted by Crippen LogP contribution is 2.33. The molecule has 0 radical (unpaired) electrons. The Hall–Kier alpha value is -1.85. The number of nitrogens with two attached hydrogens (primary N) is 2. The minimum atomic E-state index is -0.0153. The zero-order chi connectivity index (χ0) is 9.84. The van der Waals surface area contributed by atoms with E-state index >= 15 is 0 Å². The van der Waals surface area contributed by atoms with E-state index < -0.39 is 0 Å². The van der Waals surface area contributed by atoms with Gasteiger partial charge in [0.2, 0.25) is 0 Å². The van der Waals surface area contributed by atoms with E-state index in [2.05, 4.69) is 10.2 Å². The molecule has 0 aliphatic rings. The zero-order valence-corrected chi connectivity index (χ0v) is 7.15. The molecule has 0 bridgehead atoms. The molecular weight excluding hydrogens is 172 g/mol. The SMILES string of the molecule is CCOc1cc(N)nc(N)c1N=O. The second-order valence-corrected chi connectivity index (χ2v) is 2.30. The van der Waals surface area contributed by atoms with Gasteiger partial charge < -0.3 is 16.2 Å². The lowest BCUT2D eigenvalue weighted by molar-refractivity contribution is 0.341. The fourth-order valence-corrected chi connectivity index (χ4v) is 0.910. The van der Waals surface area contributed by atoms with Gasteiger partial charge >= 0.3 is 0 Å². The molecule has 0 saturated heterocycles. The Morgan fingerprint density at radius 3 is 2.85 bits per heavy atom. The monoisotopic (exact) mass is 182 g/mol. The fraction of sp³-hybridized carbons (Fsp3) is 0.286. The second kappa shape index (κ2) is 3.70. The van der Waals surface area contributed by atoms with Crippen LogP contribution in [-0.2, 0) is 0 Å². The van der Waals surface area contributed by atoms with Crippen LogP contribution in [0.25, 0.3) is 0 Å². The Kier molecular flexibility index (Phi) is 2.63. The highest BCUT2D eigenvalue weighted by Gasteiger charge is 2.10. The summed E-state index contributed by atoms with van der Waals surface area (Å²) >= 11 is 0. The van der Waals surface area contributed by atoms with Crippen LogP contribution < -0.4 is 16.2 Å². The average Bonchev–Trinajstić information content (AvgIpc) is 2.04. The first-order valence-corrected chi connectivity index (χ1v) is 3.71. The zero-order valence-electron chi connectivity index (χ0n) is 7.15. The first-order chi connectivity index (χ1) is 6.19. The maximum absolute atomic E-state index is 10.3. The topological polar surface area (TPSA) is 104 Å². The molecular formula is C7H10N4O2. The van der Waals surface area contributed by atoms with Crippen LogP contribution in [0, 0.1) is 4.91 Å². The Morgan fingerprint density at radius 2 is 2.31 bits per heavy atom. The van der Waals surface area contributed by atoms with Gasteiger partial charge in [-0.15, -0.1) is 4.91 Å². The van der Waals surface area contributed by atoms with Gasteiger partial charge in [0.25, 0.3) is 0 Å². The molecule has 0 aliphatic heterocycles. The predicted octanol–water partition coefficient (Wildman–Crippen LogP) is 1.04. The van der Waals surface area contributed by atoms with Gasteiger partial charge in [-0.3, -0.25) is 0 Å². The van der Waals surface area contributed by atoms with Gasteiger partial charge in [0.1, 0.15) is 5.82 Å². The molecule has 0 fully saturated rings. The summed E-state index contributed by atoms with van der Waals surface area (Å²) in [6, 6.07) is 1.41. The number of aromatic nitrogens is 1. The number of rotatable bonds is 3. The third kappa shape index (κ3) is 1.84. The van der Waals surface area contributed by atoms with Gasteiger partial charge in [-0.25, -0.2) is 4.98 Å². The van der Waals surface area contributed by atoms with Crippen molar-refractivity contribution >= 4 is 17.3 Å². The summed E-state index contributed by atoms with van der Waals surface area (Å²) in [5.41, 5.74) is 10.8. The van der Waals surface area contributed by atoms with Crippen LogP contribution in [0.1, 0.15) is 6.92 Å². The van der Waals surface area contributed by atoms with Crippen molar-refractivity contribution in [2.45, 2.75) is 6.92 Å². The summed E-state index contributed by atoms with van der Waals surface area (Å²) in [7, 11) is 0. The van der Waals surface area contributed by atoms with E-state index in [-0.39, 0.29) is 23.1 Å². The van der Waals surface area contributed by atoms with Crippen LogP contribution >= 0.6 is 0 Å². The minimum absolute atomic E-state index is 0.00366. The van der Waals surface area contributed by atoms with Crippen LogP contribution in [0.4, 0.5) is 17.3 Å². The third-order valence-electron chi connectivity index (χ3n) is 1.40. The number of pyridine rings is 1. The molecule has 1 aromatic rings. The molecule has 13 heavy (non-hydrogen) atoms. The van der Waals surface area contributed by atoms with Crippen molar-refractivity contribution in [1.82, 2.24) is 4.98 Å². The highest BCUT2D eigenvalue weighted by atomic mass is 16.5. The van der Waals surface area contributed by atoms with Crippen molar-refractivity contribution in [3.63, 3.8) is 0 Å². The van der Waals surface area contributed by atoms with E-state index in [1.54, 1.807) is 6.92 Å². The maximum Gasteiger partial charge on any atom is 0.191 e. The molecule has 0 amide bonds. The Labute approximate surface area is 74.9 Å². The number of nitroso groups, excluding NO2 is 1. The summed E-state index contributed by atoms with van der Waals surface area (Å²) < 4.78 is 5.10. The standard InChI is InChI=1S/C7H10N4O2/c1-2-13-4-3-5(8)10-7(9)6(4)11-12/h3H,2H2,1H3,(H4,8,9,10). The summed E-state index contributed by atoms with van der Waals surface area (Å²) in [5.74, 6) is 0.453. The molecule has 0 saturated carbocycles. The van der Waals surface area contributed by atoms with Crippen LogP contribution in [0.15, 0.2) is 11.2 Å². The van der Waals surface area contributed by atoms with Crippen molar-refractivity contribution < 1.29 is 4.74 Å². The van der Waals surface area contributed by atoms with Gasteiger partial charge in [0, 0.05) is 6.07 Å². The van der Waals surface area contributed by atoms with Crippen molar-refractivity contribution in [1.29, 1.82) is 0 Å². The average molecular weight is 182 g/mol. The van der Waals surface area contributed by atoms with Crippen molar-refractivity contribution in [2.24, 2.45) is 5.18 Å². The molecule has 0 atom stereocenters. The minimum Gasteiger partial charge on any atom is -0.491 e. The predicted molar refractivity (Wildman–Crippen MR) is 49.7 cm³/mol. The lowest BCUT2D eigenvalue weighted by atomic mass is 10.3. The van der Waals surface area contributed by atoms with Gasteiger partial charge in [0.15, 0.2) is 17.3 Å². The van der Waals surface area contributed by atoms with Crippen molar-refractivity contribution in [2.75, 3.05) is 18.1 Å². The summed E-state index contributed by atoms with van der Waals surface area (Å²) in [6.07, 6.45) is 0. The molecule has 4 N–H and O–H groups in total. The molecule has 0 aromatic carbocycles. The summed E-state index contributed by atoms with van der Waals surface area (Å²) in [4.78, 5) is 14.0. The molecule has 0 spiro atoms. The van der Waals surface area contributed by atoms with Crippen LogP contribution in [-0.4, -0.2) is 11.6 Å². The van der Waals surface area contributed by atoms with Crippen LogP contribution in [0.2, 0.25) is 0 Å². The van der Waals surface area contributed by atoms with E-state index in [4.69, 9.17) is 16.2 Å². The van der Waals surface area contributed by atoms with Gasteiger partial charge in [-0.2, -0.15) is 0 Å². The number of ether oxygens (including phenoxy) is 1. The van der Waals surface area contributed by atoms with Gasteiger partial charge in [0.05, 0.1) is 6.61 Å². The first kappa shape index (κ1) is 9.24.